The van der Waals surface area contributed by atoms with E-state index >= 15 is 0 Å². The first-order chi connectivity index (χ1) is 25.7. The van der Waals surface area contributed by atoms with Crippen LogP contribution in [0.5, 0.6) is 0 Å². The second-order valence-corrected chi connectivity index (χ2v) is 11.8. The number of aromatic nitrogens is 2. The molecule has 0 saturated carbocycles. The summed E-state index contributed by atoms with van der Waals surface area (Å²) >= 11 is 0. The molecule has 0 aliphatic carbocycles. The predicted molar refractivity (Wildman–Crippen MR) is 212 cm³/mol. The zero-order valence-corrected chi connectivity index (χ0v) is 28.2. The van der Waals surface area contributed by atoms with Crippen molar-refractivity contribution in [2.75, 3.05) is 9.80 Å². The van der Waals surface area contributed by atoms with Crippen LogP contribution in [0.3, 0.4) is 0 Å². The molecule has 0 unspecified atom stereocenters. The second kappa shape index (κ2) is 15.8. The number of hydrogen-bond acceptors (Lipinski definition) is 6. The van der Waals surface area contributed by atoms with Gasteiger partial charge in [-0.25, -0.2) is 9.97 Å². The summed E-state index contributed by atoms with van der Waals surface area (Å²) in [6.07, 6.45) is 11.2. The number of benzene rings is 5. The highest BCUT2D eigenvalue weighted by molar-refractivity contribution is 5.81. The molecule has 0 radical (unpaired) electrons. The molecule has 7 rings (SSSR count). The first-order valence-electron chi connectivity index (χ1n) is 16.8. The minimum Gasteiger partial charge on any atom is -0.311 e. The lowest BCUT2D eigenvalue weighted by atomic mass is 9.97. The summed E-state index contributed by atoms with van der Waals surface area (Å²) in [5.74, 6) is 1.52. The van der Waals surface area contributed by atoms with Gasteiger partial charge in [0.2, 0.25) is 0 Å². The molecule has 0 amide bonds. The van der Waals surface area contributed by atoms with Crippen LogP contribution in [0.1, 0.15) is 33.4 Å². The van der Waals surface area contributed by atoms with Crippen molar-refractivity contribution in [2.24, 2.45) is 0 Å². The Morgan fingerprint density at radius 3 is 1.17 bits per heavy atom. The Hall–Kier alpha value is -7.54. The highest BCUT2D eigenvalue weighted by Crippen LogP contribution is 2.35. The summed E-state index contributed by atoms with van der Waals surface area (Å²) in [5.41, 5.74) is 8.33. The van der Waals surface area contributed by atoms with Crippen LogP contribution in [-0.4, -0.2) is 9.97 Å². The van der Waals surface area contributed by atoms with E-state index in [9.17, 15) is 10.5 Å². The van der Waals surface area contributed by atoms with Gasteiger partial charge in [-0.15, -0.1) is 0 Å². The van der Waals surface area contributed by atoms with Gasteiger partial charge in [0.1, 0.15) is 11.6 Å². The summed E-state index contributed by atoms with van der Waals surface area (Å²) in [5, 5.41) is 20.1. The highest BCUT2D eigenvalue weighted by Gasteiger charge is 2.14. The van der Waals surface area contributed by atoms with Crippen molar-refractivity contribution in [1.29, 1.82) is 10.5 Å². The smallest absolute Gasteiger partial charge is 0.138 e. The normalized spacial score (nSPS) is 10.9. The van der Waals surface area contributed by atoms with Gasteiger partial charge in [0, 0.05) is 35.1 Å². The quantitative estimate of drug-likeness (QED) is 0.135. The largest absolute Gasteiger partial charge is 0.311 e. The van der Waals surface area contributed by atoms with Crippen LogP contribution >= 0.6 is 0 Å². The fourth-order valence-electron chi connectivity index (χ4n) is 5.90. The maximum Gasteiger partial charge on any atom is 0.138 e. The third-order valence-corrected chi connectivity index (χ3v) is 8.46. The van der Waals surface area contributed by atoms with Gasteiger partial charge in [0.25, 0.3) is 0 Å². The van der Waals surface area contributed by atoms with Crippen LogP contribution in [0.15, 0.2) is 170 Å². The van der Waals surface area contributed by atoms with E-state index in [0.717, 1.165) is 45.5 Å². The summed E-state index contributed by atoms with van der Waals surface area (Å²) in [7, 11) is 0. The van der Waals surface area contributed by atoms with Crippen LogP contribution in [0.4, 0.5) is 34.4 Å². The monoisotopic (exact) mass is 668 g/mol. The van der Waals surface area contributed by atoms with Crippen molar-refractivity contribution in [3.05, 3.63) is 203 Å². The molecule has 2 aromatic heterocycles. The molecule has 5 aromatic carbocycles. The summed E-state index contributed by atoms with van der Waals surface area (Å²) in [6, 6.07) is 56.5. The van der Waals surface area contributed by atoms with Crippen LogP contribution in [0.2, 0.25) is 0 Å². The van der Waals surface area contributed by atoms with E-state index < -0.39 is 0 Å². The van der Waals surface area contributed by atoms with Crippen molar-refractivity contribution < 1.29 is 0 Å². The van der Waals surface area contributed by atoms with Gasteiger partial charge in [0.15, 0.2) is 0 Å². The van der Waals surface area contributed by atoms with E-state index in [4.69, 9.17) is 0 Å². The fourth-order valence-corrected chi connectivity index (χ4v) is 5.90. The van der Waals surface area contributed by atoms with Crippen molar-refractivity contribution in [3.8, 4) is 12.1 Å². The van der Waals surface area contributed by atoms with Gasteiger partial charge in [-0.05, 0) is 107 Å². The first-order valence-corrected chi connectivity index (χ1v) is 16.8. The maximum atomic E-state index is 10.1. The molecule has 0 saturated heterocycles. The molecule has 0 N–H and O–H groups in total. The lowest BCUT2D eigenvalue weighted by molar-refractivity contribution is 1.12. The van der Waals surface area contributed by atoms with Gasteiger partial charge in [-0.3, -0.25) is 4.90 Å². The second-order valence-electron chi connectivity index (χ2n) is 11.8. The van der Waals surface area contributed by atoms with Crippen LogP contribution < -0.4 is 9.80 Å². The van der Waals surface area contributed by atoms with Crippen molar-refractivity contribution in [1.82, 2.24) is 9.97 Å². The molecule has 246 valence electrons. The Labute approximate surface area is 303 Å². The summed E-state index contributed by atoms with van der Waals surface area (Å²) in [6.45, 7) is 0. The molecule has 0 spiro atoms. The number of nitriles is 2. The van der Waals surface area contributed by atoms with Crippen LogP contribution in [0, 0.1) is 22.7 Å². The highest BCUT2D eigenvalue weighted by atomic mass is 15.2. The van der Waals surface area contributed by atoms with E-state index in [2.05, 4.69) is 75.5 Å². The molecule has 6 nitrogen and oxygen atoms in total. The third kappa shape index (κ3) is 7.53. The Bertz CT molecular complexity index is 2140. The van der Waals surface area contributed by atoms with Gasteiger partial charge < -0.3 is 4.90 Å². The molecule has 2 heterocycles. The van der Waals surface area contributed by atoms with Crippen molar-refractivity contribution >= 4 is 58.7 Å². The summed E-state index contributed by atoms with van der Waals surface area (Å²) in [4.78, 5) is 13.3. The molecule has 0 aliphatic heterocycles. The molecule has 0 fully saturated rings. The zero-order valence-electron chi connectivity index (χ0n) is 28.2. The van der Waals surface area contributed by atoms with Gasteiger partial charge in [0.05, 0.1) is 23.3 Å². The molecule has 52 heavy (non-hydrogen) atoms. The predicted octanol–water partition coefficient (Wildman–Crippen LogP) is 11.5. The van der Waals surface area contributed by atoms with E-state index in [1.165, 1.54) is 0 Å². The van der Waals surface area contributed by atoms with E-state index in [-0.39, 0.29) is 0 Å². The lowest BCUT2D eigenvalue weighted by Gasteiger charge is -2.25. The Kier molecular flexibility index (Phi) is 10.0. The minimum atomic E-state index is 0.486. The zero-order chi connectivity index (χ0) is 35.5. The third-order valence-electron chi connectivity index (χ3n) is 8.46. The number of anilines is 6. The Morgan fingerprint density at radius 2 is 0.788 bits per heavy atom. The number of para-hydroxylation sites is 2. The maximum absolute atomic E-state index is 10.1. The number of rotatable bonds is 10. The lowest BCUT2D eigenvalue weighted by Crippen LogP contribution is -2.12. The molecule has 0 aliphatic rings. The average Bonchev–Trinajstić information content (AvgIpc) is 3.22. The molecule has 7 aromatic rings. The fraction of sp³-hybridized carbons (Fsp3) is 0. The van der Waals surface area contributed by atoms with Gasteiger partial charge in [-0.2, -0.15) is 10.5 Å². The SMILES string of the molecule is N#Cc1cc(/C=C/c2ccc(N(c3ccccn3)c3ccccn3)cc2)c(C#N)cc1/C=C/c1ccc(N(c2ccccc2)c2ccccc2)cc1. The average molecular weight is 669 g/mol. The minimum absolute atomic E-state index is 0.486. The van der Waals surface area contributed by atoms with E-state index in [0.29, 0.717) is 22.3 Å². The van der Waals surface area contributed by atoms with Crippen LogP contribution in [0.25, 0.3) is 24.3 Å². The Morgan fingerprint density at radius 1 is 0.404 bits per heavy atom. The molecular formula is C46H32N6. The number of hydrogen-bond donors (Lipinski definition) is 0. The molecule has 6 heteroatoms. The van der Waals surface area contributed by atoms with Crippen molar-refractivity contribution in [2.45, 2.75) is 0 Å². The van der Waals surface area contributed by atoms with Gasteiger partial charge >= 0.3 is 0 Å². The molecule has 0 bridgehead atoms. The number of nitrogens with zero attached hydrogens (tertiary/aromatic N) is 6. The van der Waals surface area contributed by atoms with Gasteiger partial charge in [-0.1, -0.05) is 97.1 Å². The standard InChI is InChI=1S/C46H32N6/c47-33-39-32-38(24-18-36-21-27-44(28-22-36)52(45-15-7-9-29-49-45)46-16-8-10-30-50-46)40(34-48)31-37(39)23-17-35-19-25-43(26-20-35)51(41-11-3-1-4-12-41)42-13-5-2-6-14-42/h1-32H/b23-17+,24-18+. The van der Waals surface area contributed by atoms with Crippen LogP contribution in [-0.2, 0) is 0 Å². The van der Waals surface area contributed by atoms with E-state index in [1.807, 2.05) is 126 Å². The first kappa shape index (κ1) is 33.0. The topological polar surface area (TPSA) is 79.8 Å². The molecular weight excluding hydrogens is 637 g/mol. The molecule has 0 atom stereocenters. The van der Waals surface area contributed by atoms with Crippen molar-refractivity contribution in [3.63, 3.8) is 0 Å². The number of pyridine rings is 2. The Balaban J connectivity index is 1.10. The summed E-state index contributed by atoms with van der Waals surface area (Å²) < 4.78 is 0. The van der Waals surface area contributed by atoms with E-state index in [1.54, 1.807) is 24.5 Å².